The lowest BCUT2D eigenvalue weighted by Gasteiger charge is -2.33. The number of Topliss-reactive ketones (excluding diaryl/α,β-unsaturated/α-hetero) is 2. The van der Waals surface area contributed by atoms with Crippen LogP contribution in [0, 0.1) is 0 Å². The van der Waals surface area contributed by atoms with Gasteiger partial charge in [-0.05, 0) is 36.1 Å². The summed E-state index contributed by atoms with van der Waals surface area (Å²) in [5, 5.41) is 0. The highest BCUT2D eigenvalue weighted by atomic mass is 16.1. The number of rotatable bonds is 3. The summed E-state index contributed by atoms with van der Waals surface area (Å²) in [6, 6.07) is 16.2. The Morgan fingerprint density at radius 2 is 1.38 bits per heavy atom. The van der Waals surface area contributed by atoms with Crippen molar-refractivity contribution >= 4 is 11.6 Å². The molecule has 1 aliphatic rings. The van der Waals surface area contributed by atoms with Gasteiger partial charge in [-0.15, -0.1) is 0 Å². The monoisotopic (exact) mass is 278 g/mol. The molecule has 2 atom stereocenters. The van der Waals surface area contributed by atoms with E-state index < -0.39 is 0 Å². The van der Waals surface area contributed by atoms with Crippen LogP contribution in [0.2, 0.25) is 0 Å². The van der Waals surface area contributed by atoms with Crippen LogP contribution in [0.4, 0.5) is 0 Å². The summed E-state index contributed by atoms with van der Waals surface area (Å²) in [7, 11) is 0. The minimum Gasteiger partial charge on any atom is -0.300 e. The Morgan fingerprint density at radius 3 is 1.95 bits per heavy atom. The average Bonchev–Trinajstić information content (AvgIpc) is 2.46. The van der Waals surface area contributed by atoms with Crippen LogP contribution in [-0.2, 0) is 9.59 Å². The zero-order valence-electron chi connectivity index (χ0n) is 12.3. The molecule has 3 rings (SSSR count). The molecule has 0 saturated heterocycles. The lowest BCUT2D eigenvalue weighted by molar-refractivity contribution is -0.120. The molecule has 106 valence electrons. The van der Waals surface area contributed by atoms with Crippen LogP contribution < -0.4 is 0 Å². The topological polar surface area (TPSA) is 34.1 Å². The summed E-state index contributed by atoms with van der Waals surface area (Å²) >= 11 is 0. The quantitative estimate of drug-likeness (QED) is 0.847. The van der Waals surface area contributed by atoms with Gasteiger partial charge in [0.1, 0.15) is 11.6 Å². The van der Waals surface area contributed by atoms with Gasteiger partial charge < -0.3 is 4.79 Å². The van der Waals surface area contributed by atoms with Crippen molar-refractivity contribution < 1.29 is 9.59 Å². The van der Waals surface area contributed by atoms with Crippen molar-refractivity contribution in [3.05, 3.63) is 59.7 Å². The van der Waals surface area contributed by atoms with E-state index in [1.807, 2.05) is 30.3 Å². The molecule has 2 heteroatoms. The molecule has 0 radical (unpaired) electrons. The van der Waals surface area contributed by atoms with Crippen molar-refractivity contribution in [2.45, 2.75) is 32.1 Å². The highest BCUT2D eigenvalue weighted by Crippen LogP contribution is 2.48. The lowest BCUT2D eigenvalue weighted by atomic mass is 9.68. The molecule has 2 aromatic rings. The largest absolute Gasteiger partial charge is 0.300 e. The second-order valence-corrected chi connectivity index (χ2v) is 5.78. The highest BCUT2D eigenvalue weighted by Gasteiger charge is 2.36. The van der Waals surface area contributed by atoms with E-state index in [4.69, 9.17) is 0 Å². The minimum atomic E-state index is -0.222. The molecule has 1 aliphatic carbocycles. The van der Waals surface area contributed by atoms with E-state index >= 15 is 0 Å². The Labute approximate surface area is 124 Å². The van der Waals surface area contributed by atoms with Gasteiger partial charge in [0.15, 0.2) is 0 Å². The van der Waals surface area contributed by atoms with E-state index in [-0.39, 0.29) is 23.4 Å². The van der Waals surface area contributed by atoms with Crippen LogP contribution in [0.3, 0.4) is 0 Å². The summed E-state index contributed by atoms with van der Waals surface area (Å²) in [5.74, 6) is -0.0188. The molecule has 0 N–H and O–H groups in total. The van der Waals surface area contributed by atoms with Crippen molar-refractivity contribution in [3.63, 3.8) is 0 Å². The van der Waals surface area contributed by atoms with Crippen molar-refractivity contribution in [1.29, 1.82) is 0 Å². The van der Waals surface area contributed by atoms with E-state index in [2.05, 4.69) is 18.2 Å². The maximum absolute atomic E-state index is 12.3. The molecule has 0 fully saturated rings. The highest BCUT2D eigenvalue weighted by molar-refractivity contribution is 5.92. The Kier molecular flexibility index (Phi) is 3.46. The first-order valence-electron chi connectivity index (χ1n) is 7.27. The molecule has 2 nitrogen and oxygen atoms in total. The molecule has 0 heterocycles. The normalized spacial score (nSPS) is 19.5. The number of carbonyl (C=O) groups is 2. The first-order chi connectivity index (χ1) is 10.1. The predicted octanol–water partition coefficient (Wildman–Crippen LogP) is 4.10. The second kappa shape index (κ2) is 5.28. The van der Waals surface area contributed by atoms with Gasteiger partial charge in [-0.25, -0.2) is 0 Å². The van der Waals surface area contributed by atoms with Gasteiger partial charge in [0.25, 0.3) is 0 Å². The number of hydrogen-bond donors (Lipinski definition) is 0. The van der Waals surface area contributed by atoms with E-state index in [1.165, 1.54) is 0 Å². The molecule has 0 unspecified atom stereocenters. The second-order valence-electron chi connectivity index (χ2n) is 5.78. The van der Waals surface area contributed by atoms with Crippen LogP contribution in [0.25, 0.3) is 11.1 Å². The van der Waals surface area contributed by atoms with E-state index in [1.54, 1.807) is 13.8 Å². The van der Waals surface area contributed by atoms with E-state index in [0.717, 1.165) is 22.3 Å². The minimum absolute atomic E-state index is 0.0499. The molecule has 0 bridgehead atoms. The fourth-order valence-electron chi connectivity index (χ4n) is 3.52. The van der Waals surface area contributed by atoms with Crippen LogP contribution >= 0.6 is 0 Å². The Hall–Kier alpha value is -2.22. The zero-order valence-corrected chi connectivity index (χ0v) is 12.3. The SMILES string of the molecule is CC(=O)C[C@@H]1c2ccccc2-c2ccccc2[C@@H]1C(C)=O. The maximum atomic E-state index is 12.3. The Balaban J connectivity index is 2.26. The van der Waals surface area contributed by atoms with Crippen molar-refractivity contribution in [3.8, 4) is 11.1 Å². The number of ketones is 2. The summed E-state index contributed by atoms with van der Waals surface area (Å²) in [5.41, 5.74) is 4.44. The lowest BCUT2D eigenvalue weighted by Crippen LogP contribution is -2.24. The van der Waals surface area contributed by atoms with Gasteiger partial charge >= 0.3 is 0 Å². The smallest absolute Gasteiger partial charge is 0.137 e. The fourth-order valence-corrected chi connectivity index (χ4v) is 3.52. The summed E-state index contributed by atoms with van der Waals surface area (Å²) in [6.45, 7) is 3.23. The van der Waals surface area contributed by atoms with Gasteiger partial charge in [0.05, 0.1) is 5.92 Å². The average molecular weight is 278 g/mol. The van der Waals surface area contributed by atoms with Gasteiger partial charge in [0, 0.05) is 12.3 Å². The molecular formula is C19H18O2. The third-order valence-corrected chi connectivity index (χ3v) is 4.29. The molecule has 0 amide bonds. The van der Waals surface area contributed by atoms with Crippen LogP contribution in [0.1, 0.15) is 43.2 Å². The van der Waals surface area contributed by atoms with Crippen molar-refractivity contribution in [2.24, 2.45) is 0 Å². The first-order valence-corrected chi connectivity index (χ1v) is 7.27. The summed E-state index contributed by atoms with van der Waals surface area (Å²) in [4.78, 5) is 23.9. The number of fused-ring (bicyclic) bond motifs is 3. The fraction of sp³-hybridized carbons (Fsp3) is 0.263. The third kappa shape index (κ3) is 2.31. The van der Waals surface area contributed by atoms with Crippen molar-refractivity contribution in [2.75, 3.05) is 0 Å². The molecule has 0 spiro atoms. The van der Waals surface area contributed by atoms with Crippen LogP contribution in [0.5, 0.6) is 0 Å². The van der Waals surface area contributed by atoms with E-state index in [0.29, 0.717) is 6.42 Å². The third-order valence-electron chi connectivity index (χ3n) is 4.29. The molecule has 2 aromatic carbocycles. The summed E-state index contributed by atoms with van der Waals surface area (Å²) < 4.78 is 0. The number of benzene rings is 2. The Bertz CT molecular complexity index is 715. The molecular weight excluding hydrogens is 260 g/mol. The first kappa shape index (κ1) is 13.7. The van der Waals surface area contributed by atoms with Crippen LogP contribution in [-0.4, -0.2) is 11.6 Å². The zero-order chi connectivity index (χ0) is 15.0. The number of carbonyl (C=O) groups excluding carboxylic acids is 2. The van der Waals surface area contributed by atoms with Gasteiger partial charge in [-0.1, -0.05) is 48.5 Å². The maximum Gasteiger partial charge on any atom is 0.137 e. The van der Waals surface area contributed by atoms with Gasteiger partial charge in [-0.2, -0.15) is 0 Å². The number of hydrogen-bond acceptors (Lipinski definition) is 2. The van der Waals surface area contributed by atoms with Gasteiger partial charge in [0.2, 0.25) is 0 Å². The van der Waals surface area contributed by atoms with E-state index in [9.17, 15) is 9.59 Å². The molecule has 0 saturated carbocycles. The molecule has 0 aliphatic heterocycles. The molecule has 0 aromatic heterocycles. The Morgan fingerprint density at radius 1 is 0.857 bits per heavy atom. The van der Waals surface area contributed by atoms with Crippen molar-refractivity contribution in [1.82, 2.24) is 0 Å². The van der Waals surface area contributed by atoms with Crippen LogP contribution in [0.15, 0.2) is 48.5 Å². The predicted molar refractivity (Wildman–Crippen MR) is 83.3 cm³/mol. The van der Waals surface area contributed by atoms with Gasteiger partial charge in [-0.3, -0.25) is 4.79 Å². The summed E-state index contributed by atoms with van der Waals surface area (Å²) in [6.07, 6.45) is 0.412. The standard InChI is InChI=1S/C19H18O2/c1-12(20)11-18-16-9-4-3-7-14(16)15-8-5-6-10-17(15)19(18)13(2)21/h3-10,18-19H,11H2,1-2H3/t18-,19+/m1/s1. The molecule has 21 heavy (non-hydrogen) atoms.